The molecule has 0 saturated heterocycles. The molecule has 14 nitrogen and oxygen atoms in total. The first-order chi connectivity index (χ1) is 32.3. The molecule has 0 aliphatic carbocycles. The average Bonchev–Trinajstić information content (AvgIpc) is 3.31. The Kier molecular flexibility index (Phi) is 15.8. The fraction of sp³-hybridized carbons (Fsp3) is 0.269. The number of unbranched alkanes of at least 4 members (excludes halogenated alkanes) is 4. The summed E-state index contributed by atoms with van der Waals surface area (Å²) in [6.45, 7) is 2.76. The molecule has 67 heavy (non-hydrogen) atoms. The van der Waals surface area contributed by atoms with E-state index in [-0.39, 0.29) is 34.1 Å². The summed E-state index contributed by atoms with van der Waals surface area (Å²) in [5.74, 6) is -6.67. The van der Waals surface area contributed by atoms with Crippen LogP contribution >= 0.6 is 0 Å². The number of fused-ring (bicyclic) bond motifs is 3. The zero-order chi connectivity index (χ0) is 47.5. The number of aliphatic hydroxyl groups excluding tert-OH is 1. The second-order valence-corrected chi connectivity index (χ2v) is 18.2. The first-order valence-electron chi connectivity index (χ1n) is 22.2. The molecule has 1 atom stereocenters. The number of hydrogen-bond donors (Lipinski definition) is 8. The highest BCUT2D eigenvalue weighted by molar-refractivity contribution is 7.92. The number of benzene rings is 7. The minimum atomic E-state index is -4.63. The Morgan fingerprint density at radius 3 is 1.78 bits per heavy atom. The molecule has 0 aliphatic heterocycles. The zero-order valence-corrected chi connectivity index (χ0v) is 37.5. The quantitative estimate of drug-likeness (QED) is 0.0209. The van der Waals surface area contributed by atoms with Gasteiger partial charge in [0.25, 0.3) is 0 Å². The molecular weight excluding hydrogens is 877 g/mol. The van der Waals surface area contributed by atoms with Gasteiger partial charge in [0.2, 0.25) is 10.0 Å². The van der Waals surface area contributed by atoms with Gasteiger partial charge in [-0.15, -0.1) is 0 Å². The van der Waals surface area contributed by atoms with Gasteiger partial charge in [-0.25, -0.2) is 18.0 Å². The first kappa shape index (κ1) is 48.0. The van der Waals surface area contributed by atoms with Gasteiger partial charge in [-0.3, -0.25) is 4.72 Å². The van der Waals surface area contributed by atoms with Crippen LogP contribution < -0.4 is 14.8 Å². The number of carboxylic acids is 2. The van der Waals surface area contributed by atoms with Crippen LogP contribution in [0.4, 0.5) is 5.69 Å². The number of aromatic hydroxyl groups is 3. The Morgan fingerprint density at radius 2 is 1.15 bits per heavy atom. The largest absolute Gasteiger partial charge is 0.507 e. The molecule has 0 bridgehead atoms. The molecule has 1 unspecified atom stereocenters. The van der Waals surface area contributed by atoms with Gasteiger partial charge >= 0.3 is 11.9 Å². The highest BCUT2D eigenvalue weighted by atomic mass is 32.2. The van der Waals surface area contributed by atoms with E-state index in [1.54, 1.807) is 48.5 Å². The molecule has 0 fully saturated rings. The molecule has 15 heteroatoms. The minimum absolute atomic E-state index is 0.144. The Balaban J connectivity index is 0.942. The molecule has 0 saturated carbocycles. The molecule has 7 aromatic rings. The second-order valence-electron chi connectivity index (χ2n) is 16.4. The Morgan fingerprint density at radius 1 is 0.597 bits per heavy atom. The molecule has 0 aliphatic rings. The van der Waals surface area contributed by atoms with Gasteiger partial charge in [-0.05, 0) is 107 Å². The van der Waals surface area contributed by atoms with Crippen LogP contribution in [0.1, 0.15) is 88.0 Å². The molecular formula is C52H54N2O12S. The summed E-state index contributed by atoms with van der Waals surface area (Å²) in [6, 6.07) is 33.5. The third-order valence-corrected chi connectivity index (χ3v) is 13.0. The minimum Gasteiger partial charge on any atom is -0.507 e. The molecule has 0 aromatic heterocycles. The van der Waals surface area contributed by atoms with Crippen molar-refractivity contribution in [3.8, 4) is 23.0 Å². The molecule has 0 radical (unpaired) electrons. The van der Waals surface area contributed by atoms with Gasteiger partial charge < -0.3 is 45.4 Å². The third-order valence-electron chi connectivity index (χ3n) is 11.7. The normalized spacial score (nSPS) is 12.2. The van der Waals surface area contributed by atoms with Crippen LogP contribution in [0, 0.1) is 0 Å². The fourth-order valence-corrected chi connectivity index (χ4v) is 9.72. The van der Waals surface area contributed by atoms with Gasteiger partial charge in [0, 0.05) is 36.8 Å². The molecule has 7 aromatic carbocycles. The molecule has 0 heterocycles. The van der Waals surface area contributed by atoms with E-state index in [4.69, 9.17) is 9.47 Å². The number of carboxylic acid groups (broad SMARTS) is 2. The van der Waals surface area contributed by atoms with E-state index < -0.39 is 68.1 Å². The van der Waals surface area contributed by atoms with Crippen LogP contribution in [-0.4, -0.2) is 89.7 Å². The maximum atomic E-state index is 14.3. The Bertz CT molecular complexity index is 2890. The Labute approximate surface area is 388 Å². The number of ether oxygens (including phenoxy) is 2. The van der Waals surface area contributed by atoms with Gasteiger partial charge in [-0.2, -0.15) is 0 Å². The highest BCUT2D eigenvalue weighted by Crippen LogP contribution is 2.46. The van der Waals surface area contributed by atoms with Gasteiger partial charge in [0.1, 0.15) is 34.1 Å². The standard InChI is InChI=1S/C52H54N2O12S/c55-45-22-20-37(46(56)31-53-23-9-1-2-10-24-65-25-11-12-26-66-38-21-19-33-13-3-4-14-34(33)27-38)30-44(45)54-67(63,64)32-43(47-39-17-7-5-15-35(39)28-41(49(47)57)51(59)60)48-40-18-8-6-16-36(40)29-42(50(48)58)52(61)62/h3-8,13-22,27-30,43,46,53-58H,1-2,9-12,23-26,31-32H2,(H,59,60)(H,61,62). The maximum absolute atomic E-state index is 14.3. The molecule has 0 spiro atoms. The monoisotopic (exact) mass is 930 g/mol. The number of sulfonamides is 1. The fourth-order valence-electron chi connectivity index (χ4n) is 8.36. The molecule has 8 N–H and O–H groups in total. The van der Waals surface area contributed by atoms with E-state index in [0.717, 1.165) is 49.7 Å². The summed E-state index contributed by atoms with van der Waals surface area (Å²) in [5, 5.41) is 72.0. The van der Waals surface area contributed by atoms with E-state index >= 15 is 0 Å². The van der Waals surface area contributed by atoms with E-state index in [1.165, 1.54) is 35.7 Å². The summed E-state index contributed by atoms with van der Waals surface area (Å²) < 4.78 is 42.7. The number of rotatable bonds is 24. The van der Waals surface area contributed by atoms with Crippen LogP contribution in [0.25, 0.3) is 32.3 Å². The predicted octanol–water partition coefficient (Wildman–Crippen LogP) is 9.29. The van der Waals surface area contributed by atoms with Crippen molar-refractivity contribution in [2.75, 3.05) is 43.4 Å². The second kappa shape index (κ2) is 22.1. The van der Waals surface area contributed by atoms with Crippen molar-refractivity contribution >= 4 is 60.0 Å². The van der Waals surface area contributed by atoms with Crippen molar-refractivity contribution in [3.63, 3.8) is 0 Å². The number of hydrogen-bond acceptors (Lipinski definition) is 11. The van der Waals surface area contributed by atoms with Gasteiger partial charge in [0.05, 0.1) is 24.2 Å². The van der Waals surface area contributed by atoms with Crippen molar-refractivity contribution < 1.29 is 58.1 Å². The van der Waals surface area contributed by atoms with Crippen LogP contribution in [0.3, 0.4) is 0 Å². The van der Waals surface area contributed by atoms with Gasteiger partial charge in [-0.1, -0.05) is 97.8 Å². The lowest BCUT2D eigenvalue weighted by Gasteiger charge is -2.25. The van der Waals surface area contributed by atoms with Crippen LogP contribution in [0.5, 0.6) is 23.0 Å². The van der Waals surface area contributed by atoms with Crippen LogP contribution in [-0.2, 0) is 14.8 Å². The number of nitrogens with one attached hydrogen (secondary N) is 2. The predicted molar refractivity (Wildman–Crippen MR) is 258 cm³/mol. The number of aliphatic hydroxyl groups is 1. The van der Waals surface area contributed by atoms with Crippen molar-refractivity contribution in [1.29, 1.82) is 0 Å². The molecule has 7 rings (SSSR count). The number of aromatic carboxylic acids is 2. The van der Waals surface area contributed by atoms with E-state index in [1.807, 2.05) is 18.2 Å². The summed E-state index contributed by atoms with van der Waals surface area (Å²) in [6.07, 6.45) is 4.48. The summed E-state index contributed by atoms with van der Waals surface area (Å²) in [4.78, 5) is 24.8. The number of carbonyl (C=O) groups is 2. The number of anilines is 1. The summed E-state index contributed by atoms with van der Waals surface area (Å²) in [5.41, 5.74) is -1.41. The van der Waals surface area contributed by atoms with Crippen molar-refractivity contribution in [2.24, 2.45) is 0 Å². The maximum Gasteiger partial charge on any atom is 0.339 e. The molecule has 0 amide bonds. The summed E-state index contributed by atoms with van der Waals surface area (Å²) >= 11 is 0. The van der Waals surface area contributed by atoms with Crippen LogP contribution in [0.2, 0.25) is 0 Å². The highest BCUT2D eigenvalue weighted by Gasteiger charge is 2.34. The van der Waals surface area contributed by atoms with Crippen molar-refractivity contribution in [2.45, 2.75) is 50.5 Å². The van der Waals surface area contributed by atoms with Gasteiger partial charge in [0.15, 0.2) is 0 Å². The van der Waals surface area contributed by atoms with E-state index in [2.05, 4.69) is 34.3 Å². The van der Waals surface area contributed by atoms with E-state index in [9.17, 15) is 48.6 Å². The van der Waals surface area contributed by atoms with Crippen LogP contribution in [0.15, 0.2) is 121 Å². The lowest BCUT2D eigenvalue weighted by molar-refractivity contribution is 0.0682. The lowest BCUT2D eigenvalue weighted by Crippen LogP contribution is -2.24. The zero-order valence-electron chi connectivity index (χ0n) is 36.7. The molecule has 350 valence electrons. The SMILES string of the molecule is O=C(O)c1cc2ccccc2c(C(CS(=O)(=O)Nc2cc(C(O)CNCCCCCCOCCCCOc3ccc4ccccc4c3)ccc2O)c2c(O)c(C(=O)O)cc3ccccc23)c1O. The third kappa shape index (κ3) is 11.9. The lowest BCUT2D eigenvalue weighted by atomic mass is 9.83. The topological polar surface area (TPSA) is 232 Å². The number of phenols is 3. The van der Waals surface area contributed by atoms with E-state index in [0.29, 0.717) is 42.7 Å². The van der Waals surface area contributed by atoms with Crippen molar-refractivity contribution in [1.82, 2.24) is 5.32 Å². The first-order valence-corrected chi connectivity index (χ1v) is 23.8. The summed E-state index contributed by atoms with van der Waals surface area (Å²) in [7, 11) is -4.63. The average molecular weight is 931 g/mol. The van der Waals surface area contributed by atoms with Crippen molar-refractivity contribution in [3.05, 3.63) is 149 Å². The number of phenolic OH excluding ortho intramolecular Hbond substituents is 1. The smallest absolute Gasteiger partial charge is 0.339 e. The Hall–Kier alpha value is -6.91.